The summed E-state index contributed by atoms with van der Waals surface area (Å²) in [6.45, 7) is 4.46. The number of nitrogens with two attached hydrogens (primary N) is 1. The Morgan fingerprint density at radius 1 is 1.10 bits per heavy atom. The number of aromatic nitrogens is 3. The zero-order chi connectivity index (χ0) is 14.0. The molecule has 1 aliphatic carbocycles. The van der Waals surface area contributed by atoms with Gasteiger partial charge in [0.05, 0.1) is 6.61 Å². The lowest BCUT2D eigenvalue weighted by atomic mass is 9.77. The van der Waals surface area contributed by atoms with Crippen LogP contribution in [0.25, 0.3) is 0 Å². The van der Waals surface area contributed by atoms with Crippen molar-refractivity contribution >= 4 is 11.9 Å². The van der Waals surface area contributed by atoms with Crippen LogP contribution in [0, 0.1) is 5.41 Å². The fourth-order valence-electron chi connectivity index (χ4n) is 3.50. The Hall–Kier alpha value is -1.59. The van der Waals surface area contributed by atoms with Crippen molar-refractivity contribution in [2.75, 3.05) is 30.3 Å². The van der Waals surface area contributed by atoms with Crippen LogP contribution >= 0.6 is 0 Å². The fraction of sp³-hybridized carbons (Fsp3) is 0.786. The van der Waals surface area contributed by atoms with Crippen molar-refractivity contribution in [2.45, 2.75) is 45.4 Å². The minimum absolute atomic E-state index is 0.236. The molecule has 0 bridgehead atoms. The molecule has 0 unspecified atom stereocenters. The Balaban J connectivity index is 1.71. The summed E-state index contributed by atoms with van der Waals surface area (Å²) in [7, 11) is 0. The van der Waals surface area contributed by atoms with Crippen LogP contribution in [0.4, 0.5) is 11.9 Å². The highest BCUT2D eigenvalue weighted by Gasteiger charge is 2.37. The summed E-state index contributed by atoms with van der Waals surface area (Å²) >= 11 is 0. The number of hydrogen-bond acceptors (Lipinski definition) is 6. The average molecular weight is 277 g/mol. The number of nitrogens with zero attached hydrogens (tertiary/aromatic N) is 4. The number of anilines is 2. The highest BCUT2D eigenvalue weighted by molar-refractivity contribution is 5.36. The highest BCUT2D eigenvalue weighted by Crippen LogP contribution is 2.46. The molecule has 0 aromatic carbocycles. The van der Waals surface area contributed by atoms with E-state index in [4.69, 9.17) is 10.5 Å². The molecule has 1 aromatic heterocycles. The van der Waals surface area contributed by atoms with Gasteiger partial charge in [-0.05, 0) is 38.0 Å². The van der Waals surface area contributed by atoms with Gasteiger partial charge in [0.15, 0.2) is 0 Å². The van der Waals surface area contributed by atoms with Crippen molar-refractivity contribution in [1.82, 2.24) is 15.0 Å². The first-order valence-electron chi connectivity index (χ1n) is 7.60. The lowest BCUT2D eigenvalue weighted by Crippen LogP contribution is -2.39. The maximum absolute atomic E-state index is 5.74. The van der Waals surface area contributed by atoms with E-state index >= 15 is 0 Å². The van der Waals surface area contributed by atoms with Gasteiger partial charge in [0.25, 0.3) is 0 Å². The summed E-state index contributed by atoms with van der Waals surface area (Å²) in [5.41, 5.74) is 6.34. The average Bonchev–Trinajstić information content (AvgIpc) is 2.88. The Morgan fingerprint density at radius 2 is 1.80 bits per heavy atom. The largest absolute Gasteiger partial charge is 0.464 e. The van der Waals surface area contributed by atoms with Crippen molar-refractivity contribution < 1.29 is 4.74 Å². The lowest BCUT2D eigenvalue weighted by Gasteiger charge is -2.39. The van der Waals surface area contributed by atoms with E-state index in [1.807, 2.05) is 6.92 Å². The number of ether oxygens (including phenoxy) is 1. The van der Waals surface area contributed by atoms with E-state index < -0.39 is 0 Å². The molecule has 1 saturated carbocycles. The van der Waals surface area contributed by atoms with E-state index in [0.29, 0.717) is 24.0 Å². The number of rotatable bonds is 3. The van der Waals surface area contributed by atoms with Gasteiger partial charge in [0.2, 0.25) is 11.9 Å². The van der Waals surface area contributed by atoms with Gasteiger partial charge in [-0.3, -0.25) is 0 Å². The molecular formula is C14H23N5O. The molecule has 2 N–H and O–H groups in total. The van der Waals surface area contributed by atoms with Crippen LogP contribution in [0.1, 0.15) is 45.4 Å². The van der Waals surface area contributed by atoms with Crippen LogP contribution in [-0.4, -0.2) is 34.6 Å². The lowest BCUT2D eigenvalue weighted by molar-refractivity contribution is 0.225. The van der Waals surface area contributed by atoms with Gasteiger partial charge in [0.1, 0.15) is 0 Å². The van der Waals surface area contributed by atoms with Crippen molar-refractivity contribution in [3.63, 3.8) is 0 Å². The second kappa shape index (κ2) is 5.42. The third-order valence-electron chi connectivity index (χ3n) is 4.66. The zero-order valence-electron chi connectivity index (χ0n) is 12.1. The van der Waals surface area contributed by atoms with Gasteiger partial charge in [0, 0.05) is 13.1 Å². The van der Waals surface area contributed by atoms with Crippen molar-refractivity contribution in [3.05, 3.63) is 0 Å². The topological polar surface area (TPSA) is 77.2 Å². The second-order valence-electron chi connectivity index (χ2n) is 5.90. The van der Waals surface area contributed by atoms with E-state index in [1.165, 1.54) is 38.5 Å². The summed E-state index contributed by atoms with van der Waals surface area (Å²) in [5, 5.41) is 0. The minimum Gasteiger partial charge on any atom is -0.464 e. The fourth-order valence-corrected chi connectivity index (χ4v) is 3.50. The van der Waals surface area contributed by atoms with E-state index in [9.17, 15) is 0 Å². The molecule has 6 heteroatoms. The summed E-state index contributed by atoms with van der Waals surface area (Å²) in [4.78, 5) is 14.8. The van der Waals surface area contributed by atoms with Crippen LogP contribution in [0.5, 0.6) is 6.01 Å². The molecule has 3 rings (SSSR count). The molecule has 0 atom stereocenters. The first-order valence-corrected chi connectivity index (χ1v) is 7.60. The van der Waals surface area contributed by atoms with Crippen molar-refractivity contribution in [1.29, 1.82) is 0 Å². The van der Waals surface area contributed by atoms with Gasteiger partial charge >= 0.3 is 6.01 Å². The van der Waals surface area contributed by atoms with E-state index in [2.05, 4.69) is 19.9 Å². The monoisotopic (exact) mass is 277 g/mol. The van der Waals surface area contributed by atoms with E-state index in [-0.39, 0.29) is 5.95 Å². The zero-order valence-corrected chi connectivity index (χ0v) is 12.1. The molecule has 110 valence electrons. The number of piperidine rings is 1. The Bertz CT molecular complexity index is 463. The molecular weight excluding hydrogens is 254 g/mol. The Kier molecular flexibility index (Phi) is 3.63. The standard InChI is InChI=1S/C14H23N5O/c1-2-20-13-17-11(15)16-12(18-13)19-9-7-14(8-10-19)5-3-4-6-14/h2-10H2,1H3,(H2,15,16,17,18). The maximum atomic E-state index is 5.74. The predicted molar refractivity (Wildman–Crippen MR) is 77.8 cm³/mol. The number of hydrogen-bond donors (Lipinski definition) is 1. The molecule has 2 fully saturated rings. The minimum atomic E-state index is 0.236. The van der Waals surface area contributed by atoms with Crippen LogP contribution in [0.15, 0.2) is 0 Å². The smallest absolute Gasteiger partial charge is 0.323 e. The first kappa shape index (κ1) is 13.4. The third kappa shape index (κ3) is 2.64. The predicted octanol–water partition coefficient (Wildman–Crippen LogP) is 2.01. The molecule has 0 amide bonds. The summed E-state index contributed by atoms with van der Waals surface area (Å²) < 4.78 is 5.34. The first-order chi connectivity index (χ1) is 9.71. The Morgan fingerprint density at radius 3 is 2.45 bits per heavy atom. The molecule has 6 nitrogen and oxygen atoms in total. The molecule has 0 radical (unpaired) electrons. The van der Waals surface area contributed by atoms with Gasteiger partial charge in [-0.1, -0.05) is 12.8 Å². The van der Waals surface area contributed by atoms with E-state index in [0.717, 1.165) is 13.1 Å². The van der Waals surface area contributed by atoms with Crippen molar-refractivity contribution in [3.8, 4) is 6.01 Å². The quantitative estimate of drug-likeness (QED) is 0.910. The molecule has 20 heavy (non-hydrogen) atoms. The van der Waals surface area contributed by atoms with Gasteiger partial charge in [-0.25, -0.2) is 0 Å². The number of nitrogen functional groups attached to an aromatic ring is 1. The van der Waals surface area contributed by atoms with Crippen molar-refractivity contribution in [2.24, 2.45) is 5.41 Å². The van der Waals surface area contributed by atoms with Crippen LogP contribution in [0.3, 0.4) is 0 Å². The van der Waals surface area contributed by atoms with E-state index in [1.54, 1.807) is 0 Å². The molecule has 1 spiro atoms. The van der Waals surface area contributed by atoms with Crippen LogP contribution in [0.2, 0.25) is 0 Å². The molecule has 1 aliphatic heterocycles. The second-order valence-corrected chi connectivity index (χ2v) is 5.90. The van der Waals surface area contributed by atoms with Crippen LogP contribution in [-0.2, 0) is 0 Å². The highest BCUT2D eigenvalue weighted by atomic mass is 16.5. The van der Waals surface area contributed by atoms with Gasteiger partial charge in [-0.2, -0.15) is 15.0 Å². The van der Waals surface area contributed by atoms with Gasteiger partial charge in [-0.15, -0.1) is 0 Å². The summed E-state index contributed by atoms with van der Waals surface area (Å²) in [6.07, 6.45) is 8.06. The summed E-state index contributed by atoms with van der Waals surface area (Å²) in [5.74, 6) is 0.897. The molecule has 1 saturated heterocycles. The maximum Gasteiger partial charge on any atom is 0.323 e. The SMILES string of the molecule is CCOc1nc(N)nc(N2CCC3(CCCC3)CC2)n1. The normalized spacial score (nSPS) is 21.4. The molecule has 1 aromatic rings. The van der Waals surface area contributed by atoms with Gasteiger partial charge < -0.3 is 15.4 Å². The van der Waals surface area contributed by atoms with Crippen LogP contribution < -0.4 is 15.4 Å². The third-order valence-corrected chi connectivity index (χ3v) is 4.66. The molecule has 2 heterocycles. The Labute approximate surface area is 119 Å². The molecule has 2 aliphatic rings. The summed E-state index contributed by atoms with van der Waals surface area (Å²) in [6, 6.07) is 0.330.